The summed E-state index contributed by atoms with van der Waals surface area (Å²) in [6.45, 7) is 5.91. The third kappa shape index (κ3) is 6.12. The summed E-state index contributed by atoms with van der Waals surface area (Å²) in [4.78, 5) is 0. The number of hydrogen-bond donors (Lipinski definition) is 1. The molecule has 1 aromatic carbocycles. The summed E-state index contributed by atoms with van der Waals surface area (Å²) in [6.07, 6.45) is 1.82. The number of para-hydroxylation sites is 1. The summed E-state index contributed by atoms with van der Waals surface area (Å²) in [5, 5.41) is 3.34. The second kappa shape index (κ2) is 7.41. The van der Waals surface area contributed by atoms with Crippen molar-refractivity contribution in [2.75, 3.05) is 13.7 Å². The summed E-state index contributed by atoms with van der Waals surface area (Å²) < 4.78 is 34.8. The predicted molar refractivity (Wildman–Crippen MR) is 81.0 cm³/mol. The fraction of sp³-hybridized carbons (Fsp3) is 0.500. The Kier molecular flexibility index (Phi) is 6.15. The van der Waals surface area contributed by atoms with Crippen molar-refractivity contribution in [2.45, 2.75) is 39.8 Å². The first-order chi connectivity index (χ1) is 9.73. The highest BCUT2D eigenvalue weighted by atomic mass is 19.3. The standard InChI is InChI=1S/C16H23F2NO2/c1-11(10-19-16(2,3)4)9-12-7-6-8-13(20-5)14(12)21-15(17)18/h6-9,15,19H,10H2,1-5H3. The molecule has 0 aromatic heterocycles. The molecule has 0 fully saturated rings. The van der Waals surface area contributed by atoms with E-state index in [-0.39, 0.29) is 11.3 Å². The van der Waals surface area contributed by atoms with Gasteiger partial charge in [-0.05, 0) is 33.8 Å². The summed E-state index contributed by atoms with van der Waals surface area (Å²) in [5.41, 5.74) is 1.58. The summed E-state index contributed by atoms with van der Waals surface area (Å²) in [6, 6.07) is 5.06. The smallest absolute Gasteiger partial charge is 0.387 e. The maximum atomic E-state index is 12.5. The molecule has 0 saturated heterocycles. The fourth-order valence-electron chi connectivity index (χ4n) is 1.74. The zero-order chi connectivity index (χ0) is 16.0. The Balaban J connectivity index is 3.00. The fourth-order valence-corrected chi connectivity index (χ4v) is 1.74. The van der Waals surface area contributed by atoms with Crippen molar-refractivity contribution in [2.24, 2.45) is 0 Å². The van der Waals surface area contributed by atoms with Gasteiger partial charge < -0.3 is 14.8 Å². The molecule has 0 radical (unpaired) electrons. The second-order valence-corrected chi connectivity index (χ2v) is 5.85. The topological polar surface area (TPSA) is 30.5 Å². The Hall–Kier alpha value is -1.62. The van der Waals surface area contributed by atoms with Crippen molar-refractivity contribution in [1.29, 1.82) is 0 Å². The Morgan fingerprint density at radius 3 is 2.52 bits per heavy atom. The van der Waals surface area contributed by atoms with Crippen LogP contribution in [0, 0.1) is 0 Å². The van der Waals surface area contributed by atoms with Gasteiger partial charge in [-0.3, -0.25) is 0 Å². The Labute approximate surface area is 124 Å². The van der Waals surface area contributed by atoms with Gasteiger partial charge in [-0.15, -0.1) is 0 Å². The Morgan fingerprint density at radius 2 is 2.00 bits per heavy atom. The van der Waals surface area contributed by atoms with Crippen LogP contribution in [0.25, 0.3) is 6.08 Å². The average molecular weight is 299 g/mol. The molecule has 1 rings (SSSR count). The van der Waals surface area contributed by atoms with Crippen LogP contribution in [-0.4, -0.2) is 25.8 Å². The number of rotatable bonds is 6. The molecular formula is C16H23F2NO2. The third-order valence-electron chi connectivity index (χ3n) is 2.74. The molecule has 0 bridgehead atoms. The van der Waals surface area contributed by atoms with Crippen LogP contribution in [-0.2, 0) is 0 Å². The number of alkyl halides is 2. The van der Waals surface area contributed by atoms with E-state index in [4.69, 9.17) is 4.74 Å². The molecule has 0 atom stereocenters. The lowest BCUT2D eigenvalue weighted by Gasteiger charge is -2.21. The predicted octanol–water partition coefficient (Wildman–Crippen LogP) is 4.09. The first-order valence-corrected chi connectivity index (χ1v) is 6.77. The highest BCUT2D eigenvalue weighted by Gasteiger charge is 2.14. The van der Waals surface area contributed by atoms with E-state index >= 15 is 0 Å². The molecule has 0 amide bonds. The molecule has 1 aromatic rings. The quantitative estimate of drug-likeness (QED) is 0.858. The molecule has 0 unspecified atom stereocenters. The van der Waals surface area contributed by atoms with Gasteiger partial charge in [0.25, 0.3) is 0 Å². The van der Waals surface area contributed by atoms with Gasteiger partial charge in [0.1, 0.15) is 0 Å². The lowest BCUT2D eigenvalue weighted by molar-refractivity contribution is -0.0513. The van der Waals surface area contributed by atoms with E-state index in [9.17, 15) is 8.78 Å². The van der Waals surface area contributed by atoms with Crippen LogP contribution >= 0.6 is 0 Å². The molecule has 0 saturated carbocycles. The van der Waals surface area contributed by atoms with Crippen LogP contribution < -0.4 is 14.8 Å². The number of halogens is 2. The van der Waals surface area contributed by atoms with Crippen molar-refractivity contribution in [3.63, 3.8) is 0 Å². The number of hydrogen-bond acceptors (Lipinski definition) is 3. The van der Waals surface area contributed by atoms with E-state index in [2.05, 4.69) is 30.8 Å². The van der Waals surface area contributed by atoms with Crippen molar-refractivity contribution in [3.05, 3.63) is 29.3 Å². The number of ether oxygens (including phenoxy) is 2. The summed E-state index contributed by atoms with van der Waals surface area (Å²) in [7, 11) is 1.43. The Morgan fingerprint density at radius 1 is 1.33 bits per heavy atom. The van der Waals surface area contributed by atoms with Gasteiger partial charge in [0, 0.05) is 17.6 Å². The van der Waals surface area contributed by atoms with Crippen molar-refractivity contribution < 1.29 is 18.3 Å². The van der Waals surface area contributed by atoms with Crippen molar-refractivity contribution >= 4 is 6.08 Å². The van der Waals surface area contributed by atoms with Gasteiger partial charge in [-0.25, -0.2) is 0 Å². The first kappa shape index (κ1) is 17.4. The van der Waals surface area contributed by atoms with Crippen molar-refractivity contribution in [3.8, 4) is 11.5 Å². The third-order valence-corrected chi connectivity index (χ3v) is 2.74. The average Bonchev–Trinajstić information content (AvgIpc) is 2.37. The SMILES string of the molecule is COc1cccc(C=C(C)CNC(C)(C)C)c1OC(F)F. The highest BCUT2D eigenvalue weighted by Crippen LogP contribution is 2.33. The molecule has 0 aliphatic carbocycles. The van der Waals surface area contributed by atoms with Gasteiger partial charge in [0.05, 0.1) is 7.11 Å². The van der Waals surface area contributed by atoms with Crippen molar-refractivity contribution in [1.82, 2.24) is 5.32 Å². The van der Waals surface area contributed by atoms with Crippen LogP contribution in [0.15, 0.2) is 23.8 Å². The van der Waals surface area contributed by atoms with E-state index in [1.807, 2.05) is 13.0 Å². The molecule has 3 nitrogen and oxygen atoms in total. The molecule has 118 valence electrons. The van der Waals surface area contributed by atoms with Crippen LogP contribution in [0.2, 0.25) is 0 Å². The molecular weight excluding hydrogens is 276 g/mol. The number of benzene rings is 1. The molecule has 0 aliphatic rings. The molecule has 0 spiro atoms. The normalized spacial score (nSPS) is 12.7. The van der Waals surface area contributed by atoms with E-state index in [0.717, 1.165) is 5.57 Å². The van der Waals surface area contributed by atoms with E-state index in [1.165, 1.54) is 7.11 Å². The van der Waals surface area contributed by atoms with E-state index in [1.54, 1.807) is 18.2 Å². The van der Waals surface area contributed by atoms with Crippen LogP contribution in [0.3, 0.4) is 0 Å². The monoisotopic (exact) mass is 299 g/mol. The lowest BCUT2D eigenvalue weighted by atomic mass is 10.1. The van der Waals surface area contributed by atoms with Gasteiger partial charge in [-0.2, -0.15) is 8.78 Å². The number of methoxy groups -OCH3 is 1. The Bertz CT molecular complexity index is 494. The van der Waals surface area contributed by atoms with Gasteiger partial charge in [0.2, 0.25) is 0 Å². The molecule has 0 aliphatic heterocycles. The molecule has 21 heavy (non-hydrogen) atoms. The van der Waals surface area contributed by atoms with Crippen LogP contribution in [0.5, 0.6) is 11.5 Å². The van der Waals surface area contributed by atoms with E-state index < -0.39 is 6.61 Å². The highest BCUT2D eigenvalue weighted by molar-refractivity contribution is 5.64. The minimum atomic E-state index is -2.89. The molecule has 1 N–H and O–H groups in total. The first-order valence-electron chi connectivity index (χ1n) is 6.77. The maximum absolute atomic E-state index is 12.5. The van der Waals surface area contributed by atoms with Gasteiger partial charge >= 0.3 is 6.61 Å². The van der Waals surface area contributed by atoms with Gasteiger partial charge in [-0.1, -0.05) is 23.8 Å². The maximum Gasteiger partial charge on any atom is 0.387 e. The van der Waals surface area contributed by atoms with Crippen LogP contribution in [0.4, 0.5) is 8.78 Å². The lowest BCUT2D eigenvalue weighted by Crippen LogP contribution is -2.36. The molecule has 0 heterocycles. The molecule has 5 heteroatoms. The summed E-state index contributed by atoms with van der Waals surface area (Å²) in [5.74, 6) is 0.353. The number of nitrogens with one attached hydrogen (secondary N) is 1. The minimum Gasteiger partial charge on any atom is -0.493 e. The summed E-state index contributed by atoms with van der Waals surface area (Å²) >= 11 is 0. The minimum absolute atomic E-state index is 0.00815. The zero-order valence-electron chi connectivity index (χ0n) is 13.2. The largest absolute Gasteiger partial charge is 0.493 e. The van der Waals surface area contributed by atoms with E-state index in [0.29, 0.717) is 17.9 Å². The zero-order valence-corrected chi connectivity index (χ0v) is 13.2. The van der Waals surface area contributed by atoms with Crippen LogP contribution in [0.1, 0.15) is 33.3 Å². The second-order valence-electron chi connectivity index (χ2n) is 5.85. The van der Waals surface area contributed by atoms with Gasteiger partial charge in [0.15, 0.2) is 11.5 Å².